The van der Waals surface area contributed by atoms with Crippen molar-refractivity contribution < 1.29 is 19.0 Å². The van der Waals surface area contributed by atoms with Crippen molar-refractivity contribution >= 4 is 16.9 Å². The first-order valence-corrected chi connectivity index (χ1v) is 13.6. The summed E-state index contributed by atoms with van der Waals surface area (Å²) in [5.74, 6) is -0.430. The first-order chi connectivity index (χ1) is 19.0. The molecule has 1 aromatic carbocycles. The van der Waals surface area contributed by atoms with Gasteiger partial charge in [-0.2, -0.15) is 5.10 Å². The number of nitrogens with zero attached hydrogens (tertiary/aromatic N) is 7. The van der Waals surface area contributed by atoms with E-state index in [-0.39, 0.29) is 0 Å². The molecule has 1 unspecified atom stereocenters. The number of benzene rings is 1. The number of aromatic nitrogens is 5. The molecule has 0 bridgehead atoms. The van der Waals surface area contributed by atoms with Crippen molar-refractivity contribution in [1.82, 2.24) is 29.6 Å². The van der Waals surface area contributed by atoms with Gasteiger partial charge in [0.2, 0.25) is 0 Å². The van der Waals surface area contributed by atoms with Crippen LogP contribution in [0, 0.1) is 11.6 Å². The van der Waals surface area contributed by atoms with E-state index in [1.165, 1.54) is 32.9 Å². The van der Waals surface area contributed by atoms with E-state index in [9.17, 15) is 19.0 Å². The largest absolute Gasteiger partial charge is 0.387 e. The molecular formula is C29H33F2N7O2. The summed E-state index contributed by atoms with van der Waals surface area (Å²) in [6, 6.07) is 5.80. The maximum atomic E-state index is 14.2. The summed E-state index contributed by atoms with van der Waals surface area (Å²) in [5, 5.41) is 26.1. The lowest BCUT2D eigenvalue weighted by molar-refractivity contribution is -0.127. The first kappa shape index (κ1) is 26.7. The van der Waals surface area contributed by atoms with E-state index >= 15 is 0 Å². The van der Waals surface area contributed by atoms with Crippen LogP contribution in [0.15, 0.2) is 42.9 Å². The van der Waals surface area contributed by atoms with E-state index in [1.807, 2.05) is 17.1 Å². The molecule has 2 fully saturated rings. The molecule has 2 N–H and O–H groups in total. The van der Waals surface area contributed by atoms with Gasteiger partial charge in [-0.05, 0) is 45.7 Å². The van der Waals surface area contributed by atoms with E-state index in [2.05, 4.69) is 19.9 Å². The lowest BCUT2D eigenvalue weighted by Crippen LogP contribution is -2.46. The molecular weight excluding hydrogens is 516 g/mol. The van der Waals surface area contributed by atoms with Gasteiger partial charge >= 0.3 is 0 Å². The smallest absolute Gasteiger partial charge is 0.156 e. The summed E-state index contributed by atoms with van der Waals surface area (Å²) in [4.78, 5) is 18.7. The maximum Gasteiger partial charge on any atom is 0.156 e. The molecule has 210 valence electrons. The number of piperazine rings is 1. The summed E-state index contributed by atoms with van der Waals surface area (Å²) in [6.07, 6.45) is 7.62. The molecule has 0 amide bonds. The van der Waals surface area contributed by atoms with Gasteiger partial charge in [0.1, 0.15) is 28.4 Å². The Labute approximate surface area is 231 Å². The quantitative estimate of drug-likeness (QED) is 0.359. The second-order valence-corrected chi connectivity index (χ2v) is 11.5. The van der Waals surface area contributed by atoms with Crippen LogP contribution in [0.2, 0.25) is 0 Å². The van der Waals surface area contributed by atoms with E-state index in [0.29, 0.717) is 72.6 Å². The fourth-order valence-electron chi connectivity index (χ4n) is 4.95. The second kappa shape index (κ2) is 9.83. The van der Waals surface area contributed by atoms with Gasteiger partial charge in [0, 0.05) is 56.1 Å². The van der Waals surface area contributed by atoms with Gasteiger partial charge in [-0.25, -0.2) is 18.7 Å². The van der Waals surface area contributed by atoms with Gasteiger partial charge in [0.25, 0.3) is 0 Å². The number of aliphatic hydroxyl groups is 2. The van der Waals surface area contributed by atoms with Crippen LogP contribution in [-0.2, 0) is 12.1 Å². The molecule has 1 aliphatic heterocycles. The van der Waals surface area contributed by atoms with E-state index in [4.69, 9.17) is 9.97 Å². The topological polar surface area (TPSA) is 103 Å². The van der Waals surface area contributed by atoms with Crippen LogP contribution in [-0.4, -0.2) is 71.6 Å². The van der Waals surface area contributed by atoms with Crippen LogP contribution in [0.4, 0.5) is 14.6 Å². The molecule has 3 aromatic heterocycles. The van der Waals surface area contributed by atoms with Crippen molar-refractivity contribution in [2.75, 3.05) is 31.1 Å². The Hall–Kier alpha value is -3.54. The summed E-state index contributed by atoms with van der Waals surface area (Å²) >= 11 is 0. The summed E-state index contributed by atoms with van der Waals surface area (Å²) in [6.45, 7) is 7.57. The Morgan fingerprint density at radius 1 is 0.950 bits per heavy atom. The third kappa shape index (κ3) is 5.04. The zero-order valence-corrected chi connectivity index (χ0v) is 22.8. The fourth-order valence-corrected chi connectivity index (χ4v) is 4.95. The molecule has 1 saturated heterocycles. The SMILES string of the molecule is CC(C)(O)C(C)(O)c1cc2nc(N3CCN(Cc4ccc(F)cc4F)CC3)c(-c3cnn(C4CC4)c3)nc2cn1. The minimum atomic E-state index is -1.60. The van der Waals surface area contributed by atoms with Crippen LogP contribution >= 0.6 is 0 Å². The van der Waals surface area contributed by atoms with Gasteiger partial charge in [0.05, 0.1) is 35.2 Å². The van der Waals surface area contributed by atoms with Gasteiger partial charge in [-0.3, -0.25) is 14.6 Å². The zero-order valence-electron chi connectivity index (χ0n) is 22.8. The molecule has 40 heavy (non-hydrogen) atoms. The number of rotatable bonds is 7. The third-order valence-electron chi connectivity index (χ3n) is 8.10. The Bertz CT molecular complexity index is 1550. The number of anilines is 1. The molecule has 0 spiro atoms. The van der Waals surface area contributed by atoms with Crippen molar-refractivity contribution in [2.24, 2.45) is 0 Å². The minimum absolute atomic E-state index is 0.299. The Morgan fingerprint density at radius 2 is 1.70 bits per heavy atom. The number of pyridine rings is 1. The van der Waals surface area contributed by atoms with Crippen molar-refractivity contribution in [3.63, 3.8) is 0 Å². The second-order valence-electron chi connectivity index (χ2n) is 11.5. The average Bonchev–Trinajstić information content (AvgIpc) is 3.65. The summed E-state index contributed by atoms with van der Waals surface area (Å²) in [7, 11) is 0. The molecule has 4 aromatic rings. The molecule has 1 aliphatic carbocycles. The molecule has 0 radical (unpaired) electrons. The molecule has 2 aliphatic rings. The molecule has 11 heteroatoms. The minimum Gasteiger partial charge on any atom is -0.387 e. The maximum absolute atomic E-state index is 14.2. The lowest BCUT2D eigenvalue weighted by Gasteiger charge is -2.36. The monoisotopic (exact) mass is 549 g/mol. The van der Waals surface area contributed by atoms with Crippen LogP contribution in [0.1, 0.15) is 50.9 Å². The zero-order chi connectivity index (χ0) is 28.2. The highest BCUT2D eigenvalue weighted by atomic mass is 19.1. The Balaban J connectivity index is 1.33. The van der Waals surface area contributed by atoms with Gasteiger partial charge in [0.15, 0.2) is 5.82 Å². The van der Waals surface area contributed by atoms with Gasteiger partial charge < -0.3 is 15.1 Å². The number of hydrogen-bond acceptors (Lipinski definition) is 8. The molecule has 6 rings (SSSR count). The Morgan fingerprint density at radius 3 is 2.38 bits per heavy atom. The summed E-state index contributed by atoms with van der Waals surface area (Å²) < 4.78 is 29.6. The first-order valence-electron chi connectivity index (χ1n) is 13.6. The highest BCUT2D eigenvalue weighted by Gasteiger charge is 2.41. The lowest BCUT2D eigenvalue weighted by atomic mass is 9.84. The van der Waals surface area contributed by atoms with Crippen molar-refractivity contribution in [1.29, 1.82) is 0 Å². The van der Waals surface area contributed by atoms with Crippen molar-refractivity contribution in [3.8, 4) is 11.3 Å². The van der Waals surface area contributed by atoms with E-state index < -0.39 is 22.8 Å². The van der Waals surface area contributed by atoms with Crippen LogP contribution in [0.25, 0.3) is 22.3 Å². The molecule has 4 heterocycles. The van der Waals surface area contributed by atoms with Crippen molar-refractivity contribution in [3.05, 3.63) is 65.7 Å². The number of halogens is 2. The van der Waals surface area contributed by atoms with E-state index in [0.717, 1.165) is 24.5 Å². The normalized spacial score (nSPS) is 18.3. The predicted octanol–water partition coefficient (Wildman–Crippen LogP) is 3.80. The van der Waals surface area contributed by atoms with E-state index in [1.54, 1.807) is 12.3 Å². The van der Waals surface area contributed by atoms with Crippen LogP contribution in [0.5, 0.6) is 0 Å². The molecule has 9 nitrogen and oxygen atoms in total. The van der Waals surface area contributed by atoms with Crippen LogP contribution in [0.3, 0.4) is 0 Å². The molecule has 1 saturated carbocycles. The standard InChI is InChI=1S/C29H33F2N7O2/c1-28(2,39)29(3,40)25-13-23-24(15-32-25)34-26(19-14-33-38(17-19)21-6-7-21)27(35-23)37-10-8-36(9-11-37)16-18-4-5-20(30)12-22(18)31/h4-5,12-15,17,21,39-40H,6-11,16H2,1-3H3. The highest BCUT2D eigenvalue weighted by molar-refractivity contribution is 5.83. The third-order valence-corrected chi connectivity index (χ3v) is 8.10. The Kier molecular flexibility index (Phi) is 6.55. The molecule has 1 atom stereocenters. The van der Waals surface area contributed by atoms with Crippen molar-refractivity contribution in [2.45, 2.75) is 57.4 Å². The number of hydrogen-bond donors (Lipinski definition) is 2. The number of fused-ring (bicyclic) bond motifs is 1. The predicted molar refractivity (Wildman–Crippen MR) is 147 cm³/mol. The fraction of sp³-hybridized carbons (Fsp3) is 0.448. The van der Waals surface area contributed by atoms with Gasteiger partial charge in [-0.15, -0.1) is 0 Å². The summed E-state index contributed by atoms with van der Waals surface area (Å²) in [5.41, 5.74) is 0.412. The average molecular weight is 550 g/mol. The van der Waals surface area contributed by atoms with Crippen LogP contribution < -0.4 is 4.90 Å². The highest BCUT2D eigenvalue weighted by Crippen LogP contribution is 2.37. The van der Waals surface area contributed by atoms with Gasteiger partial charge in [-0.1, -0.05) is 6.07 Å².